The molecular formula is C20H20N4O4. The topological polar surface area (TPSA) is 111 Å². The van der Waals surface area contributed by atoms with Gasteiger partial charge in [0.1, 0.15) is 6.54 Å². The number of para-hydroxylation sites is 1. The molecule has 0 unspecified atom stereocenters. The second-order valence-corrected chi connectivity index (χ2v) is 6.61. The zero-order chi connectivity index (χ0) is 19.7. The summed E-state index contributed by atoms with van der Waals surface area (Å²) in [4.78, 5) is 25.2. The van der Waals surface area contributed by atoms with Crippen LogP contribution in [0.4, 0.5) is 5.69 Å². The van der Waals surface area contributed by atoms with Crippen LogP contribution >= 0.6 is 0 Å². The van der Waals surface area contributed by atoms with Crippen LogP contribution in [-0.2, 0) is 16.1 Å². The number of morpholine rings is 1. The fraction of sp³-hybridized carbons (Fsp3) is 0.250. The molecule has 2 heterocycles. The number of amides is 1. The molecule has 0 radical (unpaired) electrons. The van der Waals surface area contributed by atoms with Gasteiger partial charge >= 0.3 is 5.97 Å². The van der Waals surface area contributed by atoms with E-state index in [2.05, 4.69) is 16.1 Å². The number of aliphatic carboxylic acids is 1. The molecule has 8 nitrogen and oxygen atoms in total. The Morgan fingerprint density at radius 3 is 2.61 bits per heavy atom. The molecular weight excluding hydrogens is 360 g/mol. The van der Waals surface area contributed by atoms with E-state index in [1.165, 1.54) is 4.68 Å². The minimum Gasteiger partial charge on any atom is -0.480 e. The van der Waals surface area contributed by atoms with Crippen LogP contribution in [0.3, 0.4) is 0 Å². The van der Waals surface area contributed by atoms with E-state index in [-0.39, 0.29) is 12.2 Å². The number of fused-ring (bicyclic) bond motifs is 1. The number of primary amides is 1. The molecule has 0 bridgehead atoms. The van der Waals surface area contributed by atoms with Gasteiger partial charge in [-0.3, -0.25) is 14.3 Å². The van der Waals surface area contributed by atoms with Gasteiger partial charge in [-0.1, -0.05) is 24.3 Å². The maximum absolute atomic E-state index is 11.9. The molecule has 1 aromatic heterocycles. The minimum absolute atomic E-state index is 0.0713. The highest BCUT2D eigenvalue weighted by Gasteiger charge is 2.19. The molecule has 144 valence electrons. The number of benzene rings is 2. The van der Waals surface area contributed by atoms with Crippen LogP contribution in [0, 0.1) is 0 Å². The summed E-state index contributed by atoms with van der Waals surface area (Å²) in [6.45, 7) is 2.64. The molecule has 1 aliphatic rings. The normalized spacial score (nSPS) is 14.4. The Bertz CT molecular complexity index is 1050. The molecule has 0 aliphatic carbocycles. The molecule has 1 fully saturated rings. The number of rotatable bonds is 5. The molecule has 0 atom stereocenters. The summed E-state index contributed by atoms with van der Waals surface area (Å²) in [5.74, 6) is -1.73. The van der Waals surface area contributed by atoms with Crippen molar-refractivity contribution < 1.29 is 19.4 Å². The van der Waals surface area contributed by atoms with Crippen LogP contribution in [0.2, 0.25) is 0 Å². The SMILES string of the molecule is NC(=O)c1nn(CC(=O)O)c2ccc(-c3ccccc3N3CCOCC3)cc12. The van der Waals surface area contributed by atoms with Gasteiger partial charge in [0.2, 0.25) is 0 Å². The van der Waals surface area contributed by atoms with Crippen molar-refractivity contribution in [2.24, 2.45) is 5.73 Å². The number of nitrogens with zero attached hydrogens (tertiary/aromatic N) is 3. The number of aromatic nitrogens is 2. The van der Waals surface area contributed by atoms with Gasteiger partial charge in [-0.25, -0.2) is 0 Å². The van der Waals surface area contributed by atoms with Gasteiger partial charge < -0.3 is 20.5 Å². The van der Waals surface area contributed by atoms with Crippen molar-refractivity contribution in [1.29, 1.82) is 0 Å². The van der Waals surface area contributed by atoms with Gasteiger partial charge in [0.05, 0.1) is 18.7 Å². The van der Waals surface area contributed by atoms with Crippen LogP contribution in [0.5, 0.6) is 0 Å². The largest absolute Gasteiger partial charge is 0.480 e. The van der Waals surface area contributed by atoms with Crippen molar-refractivity contribution in [3.05, 3.63) is 48.2 Å². The second-order valence-electron chi connectivity index (χ2n) is 6.61. The average Bonchev–Trinajstić information content (AvgIpc) is 3.06. The van der Waals surface area contributed by atoms with E-state index in [1.807, 2.05) is 30.3 Å². The highest BCUT2D eigenvalue weighted by Crippen LogP contribution is 2.33. The van der Waals surface area contributed by atoms with Crippen LogP contribution in [0.25, 0.3) is 22.0 Å². The van der Waals surface area contributed by atoms with Crippen molar-refractivity contribution in [2.75, 3.05) is 31.2 Å². The summed E-state index contributed by atoms with van der Waals surface area (Å²) in [7, 11) is 0. The number of hydrogen-bond donors (Lipinski definition) is 2. The van der Waals surface area contributed by atoms with E-state index in [0.717, 1.165) is 29.9 Å². The Morgan fingerprint density at radius 1 is 1.14 bits per heavy atom. The summed E-state index contributed by atoms with van der Waals surface area (Å²) in [6, 6.07) is 13.6. The van der Waals surface area contributed by atoms with Crippen LogP contribution in [0.1, 0.15) is 10.5 Å². The maximum atomic E-state index is 11.9. The lowest BCUT2D eigenvalue weighted by Gasteiger charge is -2.30. The van der Waals surface area contributed by atoms with Gasteiger partial charge in [-0.15, -0.1) is 0 Å². The summed E-state index contributed by atoms with van der Waals surface area (Å²) in [5, 5.41) is 13.7. The monoisotopic (exact) mass is 380 g/mol. The van der Waals surface area contributed by atoms with Crippen LogP contribution < -0.4 is 10.6 Å². The first-order valence-corrected chi connectivity index (χ1v) is 8.99. The van der Waals surface area contributed by atoms with Gasteiger partial charge in [0.15, 0.2) is 5.69 Å². The number of carbonyl (C=O) groups is 2. The smallest absolute Gasteiger partial charge is 0.325 e. The van der Waals surface area contributed by atoms with E-state index in [4.69, 9.17) is 15.6 Å². The Hall–Kier alpha value is -3.39. The van der Waals surface area contributed by atoms with Gasteiger partial charge in [0.25, 0.3) is 5.91 Å². The number of nitrogens with two attached hydrogens (primary N) is 1. The lowest BCUT2D eigenvalue weighted by Crippen LogP contribution is -2.36. The predicted molar refractivity (Wildman–Crippen MR) is 104 cm³/mol. The van der Waals surface area contributed by atoms with Gasteiger partial charge in [-0.05, 0) is 23.8 Å². The molecule has 3 aromatic rings. The quantitative estimate of drug-likeness (QED) is 0.697. The minimum atomic E-state index is -1.04. The average molecular weight is 380 g/mol. The Labute approximate surface area is 161 Å². The van der Waals surface area contributed by atoms with Crippen molar-refractivity contribution in [3.63, 3.8) is 0 Å². The van der Waals surface area contributed by atoms with Crippen molar-refractivity contribution >= 4 is 28.5 Å². The van der Waals surface area contributed by atoms with Gasteiger partial charge in [0, 0.05) is 29.7 Å². The van der Waals surface area contributed by atoms with E-state index in [0.29, 0.717) is 24.1 Å². The molecule has 28 heavy (non-hydrogen) atoms. The number of carbonyl (C=O) groups excluding carboxylic acids is 1. The Kier molecular flexibility index (Phi) is 4.70. The standard InChI is InChI=1S/C20H20N4O4/c21-20(27)19-15-11-13(5-6-17(15)24(22-19)12-18(25)26)14-3-1-2-4-16(14)23-7-9-28-10-8-23/h1-6,11H,7-10,12H2,(H2,21,27)(H,25,26). The zero-order valence-corrected chi connectivity index (χ0v) is 15.2. The lowest BCUT2D eigenvalue weighted by molar-refractivity contribution is -0.137. The molecule has 1 aliphatic heterocycles. The molecule has 2 aromatic carbocycles. The number of hydrogen-bond acceptors (Lipinski definition) is 5. The molecule has 1 saturated heterocycles. The highest BCUT2D eigenvalue weighted by molar-refractivity contribution is 6.05. The highest BCUT2D eigenvalue weighted by atomic mass is 16.5. The Morgan fingerprint density at radius 2 is 1.89 bits per heavy atom. The second kappa shape index (κ2) is 7.32. The van der Waals surface area contributed by atoms with E-state index >= 15 is 0 Å². The summed E-state index contributed by atoms with van der Waals surface area (Å²) >= 11 is 0. The van der Waals surface area contributed by atoms with E-state index in [1.54, 1.807) is 6.07 Å². The number of carboxylic acids is 1. The fourth-order valence-electron chi connectivity index (χ4n) is 3.58. The fourth-order valence-corrected chi connectivity index (χ4v) is 3.58. The third kappa shape index (κ3) is 3.29. The lowest BCUT2D eigenvalue weighted by atomic mass is 10.00. The van der Waals surface area contributed by atoms with Crippen molar-refractivity contribution in [2.45, 2.75) is 6.54 Å². The first-order valence-electron chi connectivity index (χ1n) is 8.99. The third-order valence-corrected chi connectivity index (χ3v) is 4.84. The Balaban J connectivity index is 1.83. The summed E-state index contributed by atoms with van der Waals surface area (Å²) in [5.41, 5.74) is 9.12. The van der Waals surface area contributed by atoms with E-state index in [9.17, 15) is 9.59 Å². The zero-order valence-electron chi connectivity index (χ0n) is 15.2. The third-order valence-electron chi connectivity index (χ3n) is 4.84. The number of ether oxygens (including phenoxy) is 1. The summed E-state index contributed by atoms with van der Waals surface area (Å²) < 4.78 is 6.74. The first kappa shape index (κ1) is 18.0. The number of anilines is 1. The molecule has 8 heteroatoms. The molecule has 3 N–H and O–H groups in total. The molecule has 1 amide bonds. The molecule has 4 rings (SSSR count). The maximum Gasteiger partial charge on any atom is 0.325 e. The predicted octanol–water partition coefficient (Wildman–Crippen LogP) is 1.72. The van der Waals surface area contributed by atoms with Crippen molar-refractivity contribution in [1.82, 2.24) is 9.78 Å². The van der Waals surface area contributed by atoms with Crippen molar-refractivity contribution in [3.8, 4) is 11.1 Å². The number of carboxylic acid groups (broad SMARTS) is 1. The molecule has 0 spiro atoms. The van der Waals surface area contributed by atoms with Crippen LogP contribution in [-0.4, -0.2) is 53.1 Å². The molecule has 0 saturated carbocycles. The summed E-state index contributed by atoms with van der Waals surface area (Å²) in [6.07, 6.45) is 0. The first-order chi connectivity index (χ1) is 13.5. The van der Waals surface area contributed by atoms with Gasteiger partial charge in [-0.2, -0.15) is 5.10 Å². The van der Waals surface area contributed by atoms with E-state index < -0.39 is 11.9 Å². The van der Waals surface area contributed by atoms with Crippen LogP contribution in [0.15, 0.2) is 42.5 Å².